The number of likely N-dealkylation sites (tertiary alicyclic amines) is 1. The van der Waals surface area contributed by atoms with Crippen molar-refractivity contribution in [3.8, 4) is 17.2 Å². The number of carbonyl (C=O) groups excluding carboxylic acids is 1. The van der Waals surface area contributed by atoms with Crippen LogP contribution in [0.4, 0.5) is 10.5 Å². The molecule has 2 amide bonds. The molecule has 3 rings (SSSR count). The highest BCUT2D eigenvalue weighted by Crippen LogP contribution is 2.34. The highest BCUT2D eigenvalue weighted by molar-refractivity contribution is 5.91. The molecule has 1 saturated heterocycles. The highest BCUT2D eigenvalue weighted by atomic mass is 16.5. The Morgan fingerprint density at radius 3 is 2.52 bits per heavy atom. The van der Waals surface area contributed by atoms with Gasteiger partial charge in [0.2, 0.25) is 0 Å². The molecule has 2 aromatic rings. The number of rotatable bonds is 6. The van der Waals surface area contributed by atoms with Crippen molar-refractivity contribution in [1.29, 1.82) is 0 Å². The fourth-order valence-corrected chi connectivity index (χ4v) is 3.26. The van der Waals surface area contributed by atoms with Crippen molar-refractivity contribution in [3.63, 3.8) is 0 Å². The Morgan fingerprint density at radius 1 is 1.07 bits per heavy atom. The zero-order chi connectivity index (χ0) is 19.1. The molecule has 1 fully saturated rings. The Hall–Kier alpha value is -2.73. The van der Waals surface area contributed by atoms with Gasteiger partial charge in [0.15, 0.2) is 17.2 Å². The molecule has 0 radical (unpaired) electrons. The van der Waals surface area contributed by atoms with Crippen LogP contribution >= 0.6 is 0 Å². The van der Waals surface area contributed by atoms with Crippen LogP contribution in [0.1, 0.15) is 19.3 Å². The molecule has 0 bridgehead atoms. The summed E-state index contributed by atoms with van der Waals surface area (Å²) in [5.41, 5.74) is 0.609. The van der Waals surface area contributed by atoms with Gasteiger partial charge in [0.05, 0.1) is 12.8 Å². The number of amides is 2. The SMILES string of the molecule is COc1ccccc1Oc1ccccc1NC(=O)NCC1CCCCN1C. The lowest BCUT2D eigenvalue weighted by molar-refractivity contribution is 0.182. The van der Waals surface area contributed by atoms with Gasteiger partial charge in [0.25, 0.3) is 0 Å². The largest absolute Gasteiger partial charge is 0.493 e. The molecule has 1 aliphatic heterocycles. The van der Waals surface area contributed by atoms with E-state index in [-0.39, 0.29) is 6.03 Å². The van der Waals surface area contributed by atoms with Crippen molar-refractivity contribution in [3.05, 3.63) is 48.5 Å². The van der Waals surface area contributed by atoms with E-state index in [0.717, 1.165) is 13.0 Å². The van der Waals surface area contributed by atoms with Gasteiger partial charge < -0.3 is 25.0 Å². The van der Waals surface area contributed by atoms with Crippen molar-refractivity contribution >= 4 is 11.7 Å². The van der Waals surface area contributed by atoms with Crippen molar-refractivity contribution in [2.24, 2.45) is 0 Å². The lowest BCUT2D eigenvalue weighted by atomic mass is 10.0. The fraction of sp³-hybridized carbons (Fsp3) is 0.381. The summed E-state index contributed by atoms with van der Waals surface area (Å²) in [4.78, 5) is 14.7. The summed E-state index contributed by atoms with van der Waals surface area (Å²) in [6, 6.07) is 14.9. The van der Waals surface area contributed by atoms with Gasteiger partial charge in [0.1, 0.15) is 0 Å². The molecular weight excluding hydrogens is 342 g/mol. The van der Waals surface area contributed by atoms with Gasteiger partial charge in [-0.25, -0.2) is 4.79 Å². The molecule has 27 heavy (non-hydrogen) atoms. The summed E-state index contributed by atoms with van der Waals surface area (Å²) in [6.45, 7) is 1.72. The third-order valence-corrected chi connectivity index (χ3v) is 4.84. The van der Waals surface area contributed by atoms with Crippen molar-refractivity contribution in [1.82, 2.24) is 10.2 Å². The molecule has 0 aromatic heterocycles. The Bertz CT molecular complexity index is 766. The number of nitrogens with zero attached hydrogens (tertiary/aromatic N) is 1. The number of anilines is 1. The van der Waals surface area contributed by atoms with E-state index in [0.29, 0.717) is 35.5 Å². The average Bonchev–Trinajstić information content (AvgIpc) is 2.69. The predicted molar refractivity (Wildman–Crippen MR) is 107 cm³/mol. The molecule has 6 nitrogen and oxygen atoms in total. The van der Waals surface area contributed by atoms with Gasteiger partial charge in [0, 0.05) is 12.6 Å². The quantitative estimate of drug-likeness (QED) is 0.805. The smallest absolute Gasteiger partial charge is 0.319 e. The molecule has 1 unspecified atom stereocenters. The lowest BCUT2D eigenvalue weighted by Gasteiger charge is -2.32. The van der Waals surface area contributed by atoms with Crippen LogP contribution in [0.2, 0.25) is 0 Å². The van der Waals surface area contributed by atoms with E-state index in [4.69, 9.17) is 9.47 Å². The number of benzene rings is 2. The van der Waals surface area contributed by atoms with Crippen LogP contribution in [0.15, 0.2) is 48.5 Å². The minimum absolute atomic E-state index is 0.231. The topological polar surface area (TPSA) is 62.8 Å². The molecule has 0 aliphatic carbocycles. The maximum Gasteiger partial charge on any atom is 0.319 e. The first-order valence-corrected chi connectivity index (χ1v) is 9.32. The molecular formula is C21H27N3O3. The standard InChI is InChI=1S/C21H27N3O3/c1-24-14-8-7-9-16(24)15-22-21(25)23-17-10-3-4-11-18(17)27-20-13-6-5-12-19(20)26-2/h3-6,10-13,16H,7-9,14-15H2,1-2H3,(H2,22,23,25). The van der Waals surface area contributed by atoms with Crippen LogP contribution in [-0.4, -0.2) is 44.2 Å². The second-order valence-electron chi connectivity index (χ2n) is 6.71. The fourth-order valence-electron chi connectivity index (χ4n) is 3.26. The number of hydrogen-bond donors (Lipinski definition) is 2. The molecule has 0 saturated carbocycles. The number of urea groups is 1. The van der Waals surface area contributed by atoms with Crippen LogP contribution in [0.5, 0.6) is 17.2 Å². The van der Waals surface area contributed by atoms with Gasteiger partial charge in [-0.2, -0.15) is 0 Å². The molecule has 1 atom stereocenters. The van der Waals surface area contributed by atoms with E-state index < -0.39 is 0 Å². The zero-order valence-corrected chi connectivity index (χ0v) is 15.9. The van der Waals surface area contributed by atoms with E-state index in [9.17, 15) is 4.79 Å². The third-order valence-electron chi connectivity index (χ3n) is 4.84. The first-order valence-electron chi connectivity index (χ1n) is 9.32. The Balaban J connectivity index is 1.62. The molecule has 2 aromatic carbocycles. The van der Waals surface area contributed by atoms with E-state index in [1.165, 1.54) is 12.8 Å². The number of piperidine rings is 1. The summed E-state index contributed by atoms with van der Waals surface area (Å²) in [5, 5.41) is 5.86. The summed E-state index contributed by atoms with van der Waals surface area (Å²) in [6.07, 6.45) is 3.56. The lowest BCUT2D eigenvalue weighted by Crippen LogP contribution is -2.45. The van der Waals surface area contributed by atoms with E-state index in [1.807, 2.05) is 48.5 Å². The molecule has 1 heterocycles. The second kappa shape index (κ2) is 9.28. The van der Waals surface area contributed by atoms with E-state index >= 15 is 0 Å². The van der Waals surface area contributed by atoms with Gasteiger partial charge in [-0.15, -0.1) is 0 Å². The molecule has 144 valence electrons. The number of para-hydroxylation sites is 4. The first kappa shape index (κ1) is 19.0. The van der Waals surface area contributed by atoms with Crippen molar-refractivity contribution in [2.45, 2.75) is 25.3 Å². The minimum Gasteiger partial charge on any atom is -0.493 e. The van der Waals surface area contributed by atoms with Gasteiger partial charge >= 0.3 is 6.03 Å². The number of hydrogen-bond acceptors (Lipinski definition) is 4. The minimum atomic E-state index is -0.231. The van der Waals surface area contributed by atoms with Gasteiger partial charge in [-0.3, -0.25) is 0 Å². The van der Waals surface area contributed by atoms with Crippen LogP contribution in [-0.2, 0) is 0 Å². The number of methoxy groups -OCH3 is 1. The predicted octanol–water partition coefficient (Wildman–Crippen LogP) is 4.09. The second-order valence-corrected chi connectivity index (χ2v) is 6.71. The van der Waals surface area contributed by atoms with Crippen LogP contribution in [0.3, 0.4) is 0 Å². The third kappa shape index (κ3) is 5.14. The number of carbonyl (C=O) groups is 1. The Morgan fingerprint density at radius 2 is 1.78 bits per heavy atom. The summed E-state index contributed by atoms with van der Waals surface area (Å²) in [5.74, 6) is 1.79. The molecule has 2 N–H and O–H groups in total. The Kier molecular flexibility index (Phi) is 6.54. The zero-order valence-electron chi connectivity index (χ0n) is 15.9. The normalized spacial score (nSPS) is 17.2. The molecule has 0 spiro atoms. The maximum absolute atomic E-state index is 12.4. The summed E-state index contributed by atoms with van der Waals surface area (Å²) < 4.78 is 11.3. The van der Waals surface area contributed by atoms with Gasteiger partial charge in [-0.1, -0.05) is 30.7 Å². The monoisotopic (exact) mass is 369 g/mol. The maximum atomic E-state index is 12.4. The molecule has 6 heteroatoms. The Labute approximate surface area is 160 Å². The summed E-state index contributed by atoms with van der Waals surface area (Å²) >= 11 is 0. The summed E-state index contributed by atoms with van der Waals surface area (Å²) in [7, 11) is 3.71. The van der Waals surface area contributed by atoms with E-state index in [1.54, 1.807) is 7.11 Å². The number of likely N-dealkylation sites (N-methyl/N-ethyl adjacent to an activating group) is 1. The molecule has 1 aliphatic rings. The van der Waals surface area contributed by atoms with Crippen LogP contribution in [0, 0.1) is 0 Å². The number of nitrogens with one attached hydrogen (secondary N) is 2. The van der Waals surface area contributed by atoms with Crippen molar-refractivity contribution in [2.75, 3.05) is 32.6 Å². The van der Waals surface area contributed by atoms with Crippen molar-refractivity contribution < 1.29 is 14.3 Å². The van der Waals surface area contributed by atoms with Gasteiger partial charge in [-0.05, 0) is 50.7 Å². The number of ether oxygens (including phenoxy) is 2. The highest BCUT2D eigenvalue weighted by Gasteiger charge is 2.19. The average molecular weight is 369 g/mol. The van der Waals surface area contributed by atoms with E-state index in [2.05, 4.69) is 22.6 Å². The van der Waals surface area contributed by atoms with Crippen LogP contribution < -0.4 is 20.1 Å². The van der Waals surface area contributed by atoms with Crippen LogP contribution in [0.25, 0.3) is 0 Å². The first-order chi connectivity index (χ1) is 13.2.